The lowest BCUT2D eigenvalue weighted by molar-refractivity contribution is -0.136. The molecule has 0 heterocycles. The van der Waals surface area contributed by atoms with Gasteiger partial charge in [0.25, 0.3) is 0 Å². The van der Waals surface area contributed by atoms with E-state index in [1.807, 2.05) is 18.2 Å². The Hall–Kier alpha value is -1.97. The summed E-state index contributed by atoms with van der Waals surface area (Å²) in [5.41, 5.74) is 6.71. The number of benzene rings is 1. The molecule has 4 heteroatoms. The fraction of sp³-hybridized carbons (Fsp3) is 0.308. The van der Waals surface area contributed by atoms with Gasteiger partial charge in [0.1, 0.15) is 5.57 Å². The lowest BCUT2D eigenvalue weighted by Crippen LogP contribution is -2.15. The Kier molecular flexibility index (Phi) is 5.07. The van der Waals surface area contributed by atoms with Crippen LogP contribution >= 0.6 is 0 Å². The van der Waals surface area contributed by atoms with Crippen molar-refractivity contribution < 1.29 is 14.3 Å². The summed E-state index contributed by atoms with van der Waals surface area (Å²) in [5, 5.41) is 0. The summed E-state index contributed by atoms with van der Waals surface area (Å²) in [6, 6.07) is 9.10. The summed E-state index contributed by atoms with van der Waals surface area (Å²) in [6.07, 6.45) is 0. The summed E-state index contributed by atoms with van der Waals surface area (Å²) in [6.45, 7) is 4.26. The van der Waals surface area contributed by atoms with Crippen LogP contribution < -0.4 is 5.73 Å². The highest BCUT2D eigenvalue weighted by Gasteiger charge is 2.18. The molecule has 0 fully saturated rings. The quantitative estimate of drug-likeness (QED) is 0.481. The van der Waals surface area contributed by atoms with Gasteiger partial charge in [-0.25, -0.2) is 4.79 Å². The molecule has 0 aliphatic heterocycles. The molecular formula is C13H17NO3. The molecule has 1 aromatic carbocycles. The van der Waals surface area contributed by atoms with Gasteiger partial charge in [0.05, 0.1) is 13.2 Å². The van der Waals surface area contributed by atoms with Crippen molar-refractivity contribution in [2.75, 3.05) is 13.2 Å². The van der Waals surface area contributed by atoms with Crippen molar-refractivity contribution in [2.45, 2.75) is 13.8 Å². The number of ether oxygens (including phenoxy) is 2. The van der Waals surface area contributed by atoms with Crippen LogP contribution in [0, 0.1) is 0 Å². The van der Waals surface area contributed by atoms with Crippen LogP contribution in [0.5, 0.6) is 0 Å². The first-order chi connectivity index (χ1) is 8.20. The van der Waals surface area contributed by atoms with E-state index in [1.54, 1.807) is 26.0 Å². The van der Waals surface area contributed by atoms with E-state index in [2.05, 4.69) is 0 Å². The highest BCUT2D eigenvalue weighted by atomic mass is 16.5. The number of esters is 1. The molecule has 17 heavy (non-hydrogen) atoms. The number of carbonyl (C=O) groups excluding carboxylic acids is 1. The van der Waals surface area contributed by atoms with Crippen molar-refractivity contribution in [3.63, 3.8) is 0 Å². The Morgan fingerprint density at radius 1 is 1.12 bits per heavy atom. The Bertz CT molecular complexity index is 398. The first-order valence-corrected chi connectivity index (χ1v) is 5.55. The fourth-order valence-electron chi connectivity index (χ4n) is 1.40. The lowest BCUT2D eigenvalue weighted by Gasteiger charge is -2.11. The second-order valence-electron chi connectivity index (χ2n) is 3.26. The van der Waals surface area contributed by atoms with Crippen molar-refractivity contribution in [3.05, 3.63) is 41.8 Å². The molecule has 0 saturated carbocycles. The predicted octanol–water partition coefficient (Wildman–Crippen LogP) is 1.91. The zero-order chi connectivity index (χ0) is 12.7. The minimum Gasteiger partial charge on any atom is -0.479 e. The molecule has 4 nitrogen and oxygen atoms in total. The standard InChI is InChI=1S/C13H17NO3/c1-3-16-12(14)11(13(15)17-4-2)10-8-6-5-7-9-10/h5-9H,3-4,14H2,1-2H3. The number of hydrogen-bond acceptors (Lipinski definition) is 4. The molecule has 0 aliphatic rings. The molecule has 1 aromatic rings. The van der Waals surface area contributed by atoms with Crippen molar-refractivity contribution in [1.29, 1.82) is 0 Å². The second-order valence-corrected chi connectivity index (χ2v) is 3.26. The van der Waals surface area contributed by atoms with E-state index < -0.39 is 5.97 Å². The topological polar surface area (TPSA) is 61.5 Å². The van der Waals surface area contributed by atoms with E-state index in [0.717, 1.165) is 0 Å². The van der Waals surface area contributed by atoms with Crippen LogP contribution in [0.2, 0.25) is 0 Å². The largest absolute Gasteiger partial charge is 0.479 e. The minimum absolute atomic E-state index is 0.0946. The molecule has 0 amide bonds. The number of hydrogen-bond donors (Lipinski definition) is 1. The SMILES string of the molecule is CCOC(=O)C(=C(N)OCC)c1ccccc1. The summed E-state index contributed by atoms with van der Waals surface area (Å²) in [5.74, 6) is -0.373. The third-order valence-corrected chi connectivity index (χ3v) is 2.09. The van der Waals surface area contributed by atoms with Gasteiger partial charge in [-0.3, -0.25) is 0 Å². The third-order valence-electron chi connectivity index (χ3n) is 2.09. The molecule has 0 unspecified atom stereocenters. The first-order valence-electron chi connectivity index (χ1n) is 5.55. The van der Waals surface area contributed by atoms with Crippen molar-refractivity contribution >= 4 is 11.5 Å². The highest BCUT2D eigenvalue weighted by molar-refractivity contribution is 6.17. The average molecular weight is 235 g/mol. The van der Waals surface area contributed by atoms with Gasteiger partial charge >= 0.3 is 5.97 Å². The minimum atomic E-state index is -0.468. The molecule has 92 valence electrons. The highest BCUT2D eigenvalue weighted by Crippen LogP contribution is 2.18. The van der Waals surface area contributed by atoms with E-state index in [0.29, 0.717) is 18.8 Å². The molecule has 0 bridgehead atoms. The summed E-state index contributed by atoms with van der Waals surface area (Å²) >= 11 is 0. The van der Waals surface area contributed by atoms with Crippen molar-refractivity contribution in [1.82, 2.24) is 0 Å². The number of carbonyl (C=O) groups is 1. The molecule has 0 spiro atoms. The van der Waals surface area contributed by atoms with Crippen LogP contribution in [0.3, 0.4) is 0 Å². The molecule has 0 radical (unpaired) electrons. The van der Waals surface area contributed by atoms with Gasteiger partial charge in [0, 0.05) is 0 Å². The Morgan fingerprint density at radius 2 is 1.71 bits per heavy atom. The van der Waals surface area contributed by atoms with Gasteiger partial charge in [-0.15, -0.1) is 0 Å². The zero-order valence-electron chi connectivity index (χ0n) is 10.1. The van der Waals surface area contributed by atoms with E-state index >= 15 is 0 Å². The normalized spacial score (nSPS) is 11.6. The first kappa shape index (κ1) is 13.1. The maximum Gasteiger partial charge on any atom is 0.344 e. The summed E-state index contributed by atoms with van der Waals surface area (Å²) in [4.78, 5) is 11.8. The van der Waals surface area contributed by atoms with Crippen LogP contribution in [0.25, 0.3) is 5.57 Å². The molecule has 0 saturated heterocycles. The second kappa shape index (κ2) is 6.58. The Balaban J connectivity index is 3.11. The molecule has 2 N–H and O–H groups in total. The lowest BCUT2D eigenvalue weighted by atomic mass is 10.1. The van der Waals surface area contributed by atoms with Gasteiger partial charge < -0.3 is 15.2 Å². The molecular weight excluding hydrogens is 218 g/mol. The van der Waals surface area contributed by atoms with Crippen LogP contribution in [0.15, 0.2) is 36.2 Å². The number of rotatable bonds is 5. The van der Waals surface area contributed by atoms with E-state index in [-0.39, 0.29) is 11.5 Å². The van der Waals surface area contributed by atoms with Crippen LogP contribution in [0.1, 0.15) is 19.4 Å². The van der Waals surface area contributed by atoms with Gasteiger partial charge in [0.2, 0.25) is 0 Å². The Morgan fingerprint density at radius 3 is 2.24 bits per heavy atom. The molecule has 0 atom stereocenters. The summed E-state index contributed by atoms with van der Waals surface area (Å²) < 4.78 is 10.2. The summed E-state index contributed by atoms with van der Waals surface area (Å²) in [7, 11) is 0. The third kappa shape index (κ3) is 3.52. The van der Waals surface area contributed by atoms with E-state index in [4.69, 9.17) is 15.2 Å². The van der Waals surface area contributed by atoms with Gasteiger partial charge in [0.15, 0.2) is 5.88 Å². The van der Waals surface area contributed by atoms with E-state index in [9.17, 15) is 4.79 Å². The zero-order valence-corrected chi connectivity index (χ0v) is 10.1. The maximum absolute atomic E-state index is 11.8. The van der Waals surface area contributed by atoms with Gasteiger partial charge in [-0.05, 0) is 19.4 Å². The van der Waals surface area contributed by atoms with Crippen LogP contribution in [-0.4, -0.2) is 19.2 Å². The van der Waals surface area contributed by atoms with Gasteiger partial charge in [-0.1, -0.05) is 30.3 Å². The molecule has 0 aromatic heterocycles. The maximum atomic E-state index is 11.8. The van der Waals surface area contributed by atoms with Crippen LogP contribution in [0.4, 0.5) is 0 Å². The number of nitrogens with two attached hydrogens (primary N) is 1. The molecule has 0 aliphatic carbocycles. The average Bonchev–Trinajstić information content (AvgIpc) is 2.31. The fourth-order valence-corrected chi connectivity index (χ4v) is 1.40. The van der Waals surface area contributed by atoms with Crippen LogP contribution in [-0.2, 0) is 14.3 Å². The predicted molar refractivity (Wildman–Crippen MR) is 65.8 cm³/mol. The Labute approximate surface area is 101 Å². The molecule has 1 rings (SSSR count). The van der Waals surface area contributed by atoms with Crippen molar-refractivity contribution in [3.8, 4) is 0 Å². The van der Waals surface area contributed by atoms with E-state index in [1.165, 1.54) is 0 Å². The monoisotopic (exact) mass is 235 g/mol. The van der Waals surface area contributed by atoms with Gasteiger partial charge in [-0.2, -0.15) is 0 Å². The smallest absolute Gasteiger partial charge is 0.344 e. The van der Waals surface area contributed by atoms with Crippen molar-refractivity contribution in [2.24, 2.45) is 5.73 Å².